The van der Waals surface area contributed by atoms with E-state index in [1.807, 2.05) is 0 Å². The zero-order valence-corrected chi connectivity index (χ0v) is 7.88. The molecule has 0 saturated heterocycles. The summed E-state index contributed by atoms with van der Waals surface area (Å²) in [6.07, 6.45) is 0. The van der Waals surface area contributed by atoms with Crippen LogP contribution in [-0.2, 0) is 14.3 Å². The Morgan fingerprint density at radius 3 is 2.38 bits per heavy atom. The minimum absolute atomic E-state index is 0.0417. The van der Waals surface area contributed by atoms with Gasteiger partial charge in [-0.15, -0.1) is 0 Å². The molecule has 0 amide bonds. The molecule has 4 nitrogen and oxygen atoms in total. The molecule has 13 heavy (non-hydrogen) atoms. The molecule has 0 aliphatic heterocycles. The topological polar surface area (TPSA) is 46.6 Å². The van der Waals surface area contributed by atoms with E-state index in [9.17, 15) is 14.0 Å². The monoisotopic (exact) mass is 191 g/mol. The lowest BCUT2D eigenvalue weighted by atomic mass is 10.4. The average molecular weight is 191 g/mol. The number of ether oxygens (including phenoxy) is 1. The van der Waals surface area contributed by atoms with Gasteiger partial charge in [0.1, 0.15) is 12.5 Å². The van der Waals surface area contributed by atoms with Crippen molar-refractivity contribution in [2.75, 3.05) is 33.4 Å². The van der Waals surface area contributed by atoms with Crippen molar-refractivity contribution in [2.45, 2.75) is 6.92 Å². The van der Waals surface area contributed by atoms with Crippen molar-refractivity contribution in [2.24, 2.45) is 0 Å². The maximum Gasteiger partial charge on any atom is 0.319 e. The van der Waals surface area contributed by atoms with Crippen molar-refractivity contribution in [3.05, 3.63) is 0 Å². The molecule has 0 aromatic heterocycles. The first-order valence-electron chi connectivity index (χ1n) is 3.94. The van der Waals surface area contributed by atoms with Gasteiger partial charge < -0.3 is 4.74 Å². The van der Waals surface area contributed by atoms with Gasteiger partial charge in [-0.3, -0.25) is 14.5 Å². The van der Waals surface area contributed by atoms with E-state index >= 15 is 0 Å². The Bertz CT molecular complexity index is 184. The molecule has 0 spiro atoms. The van der Waals surface area contributed by atoms with Gasteiger partial charge in [0.2, 0.25) is 0 Å². The summed E-state index contributed by atoms with van der Waals surface area (Å²) in [6.45, 7) is 0.931. The summed E-state index contributed by atoms with van der Waals surface area (Å²) in [5.41, 5.74) is 0. The van der Waals surface area contributed by atoms with Crippen LogP contribution in [-0.4, -0.2) is 50.1 Å². The first-order valence-corrected chi connectivity index (χ1v) is 3.94. The Balaban J connectivity index is 3.93. The van der Waals surface area contributed by atoms with Crippen molar-refractivity contribution < 1.29 is 18.7 Å². The van der Waals surface area contributed by atoms with Crippen LogP contribution in [0.2, 0.25) is 0 Å². The van der Waals surface area contributed by atoms with E-state index in [0.29, 0.717) is 0 Å². The second-order valence-corrected chi connectivity index (χ2v) is 2.68. The number of hydrogen-bond acceptors (Lipinski definition) is 4. The third kappa shape index (κ3) is 6.21. The Morgan fingerprint density at radius 1 is 1.38 bits per heavy atom. The van der Waals surface area contributed by atoms with Crippen molar-refractivity contribution >= 4 is 11.8 Å². The smallest absolute Gasteiger partial charge is 0.319 e. The highest BCUT2D eigenvalue weighted by Gasteiger charge is 2.11. The average Bonchev–Trinajstić information content (AvgIpc) is 2.03. The summed E-state index contributed by atoms with van der Waals surface area (Å²) in [5, 5.41) is 0. The third-order valence-electron chi connectivity index (χ3n) is 1.43. The molecule has 0 N–H and O–H groups in total. The molecule has 0 bridgehead atoms. The van der Waals surface area contributed by atoms with Gasteiger partial charge in [-0.1, -0.05) is 0 Å². The van der Waals surface area contributed by atoms with Gasteiger partial charge in [0.15, 0.2) is 0 Å². The Hall–Kier alpha value is -0.970. The van der Waals surface area contributed by atoms with Crippen LogP contribution in [0.4, 0.5) is 4.39 Å². The fourth-order valence-corrected chi connectivity index (χ4v) is 0.896. The number of ketones is 1. The van der Waals surface area contributed by atoms with E-state index in [1.165, 1.54) is 18.9 Å². The number of carbonyl (C=O) groups is 2. The molecule has 0 heterocycles. The van der Waals surface area contributed by atoms with Gasteiger partial charge in [0.25, 0.3) is 0 Å². The number of alkyl halides is 1. The van der Waals surface area contributed by atoms with Crippen LogP contribution >= 0.6 is 0 Å². The minimum Gasteiger partial charge on any atom is -0.468 e. The van der Waals surface area contributed by atoms with Crippen LogP contribution < -0.4 is 0 Å². The maximum absolute atomic E-state index is 11.9. The highest BCUT2D eigenvalue weighted by molar-refractivity contribution is 5.78. The summed E-state index contributed by atoms with van der Waals surface area (Å²) in [4.78, 5) is 22.9. The Labute approximate surface area is 76.7 Å². The molecular weight excluding hydrogens is 177 g/mol. The standard InChI is InChI=1S/C8H14FNO3/c1-7(11)5-10(4-3-9)6-8(12)13-2/h3-6H2,1-2H3. The predicted octanol–water partition coefficient (Wildman–Crippen LogP) is 0.0199. The van der Waals surface area contributed by atoms with Gasteiger partial charge in [-0.25, -0.2) is 4.39 Å². The molecule has 76 valence electrons. The zero-order chi connectivity index (χ0) is 10.3. The summed E-state index contributed by atoms with van der Waals surface area (Å²) in [6, 6.07) is 0. The number of Topliss-reactive ketones (excluding diaryl/α,β-unsaturated/α-hetero) is 1. The van der Waals surface area contributed by atoms with Crippen molar-refractivity contribution in [1.82, 2.24) is 4.90 Å². The molecule has 0 unspecified atom stereocenters. The lowest BCUT2D eigenvalue weighted by Crippen LogP contribution is -2.35. The lowest BCUT2D eigenvalue weighted by molar-refractivity contribution is -0.142. The van der Waals surface area contributed by atoms with E-state index in [-0.39, 0.29) is 25.4 Å². The minimum atomic E-state index is -0.579. The third-order valence-corrected chi connectivity index (χ3v) is 1.43. The van der Waals surface area contributed by atoms with Gasteiger partial charge in [0, 0.05) is 6.54 Å². The van der Waals surface area contributed by atoms with Crippen LogP contribution in [0, 0.1) is 0 Å². The van der Waals surface area contributed by atoms with Crippen molar-refractivity contribution in [1.29, 1.82) is 0 Å². The highest BCUT2D eigenvalue weighted by Crippen LogP contribution is 1.90. The predicted molar refractivity (Wildman–Crippen MR) is 45.1 cm³/mol. The summed E-state index contributed by atoms with van der Waals surface area (Å²) < 4.78 is 16.3. The van der Waals surface area contributed by atoms with Crippen LogP contribution in [0.25, 0.3) is 0 Å². The van der Waals surface area contributed by atoms with E-state index in [4.69, 9.17) is 0 Å². The van der Waals surface area contributed by atoms with Gasteiger partial charge >= 0.3 is 5.97 Å². The second-order valence-electron chi connectivity index (χ2n) is 2.68. The first kappa shape index (κ1) is 12.0. The molecule has 5 heteroatoms. The molecule has 0 aromatic carbocycles. The van der Waals surface area contributed by atoms with E-state index < -0.39 is 12.6 Å². The van der Waals surface area contributed by atoms with Crippen LogP contribution in [0.3, 0.4) is 0 Å². The number of nitrogens with zero attached hydrogens (tertiary/aromatic N) is 1. The largest absolute Gasteiger partial charge is 0.468 e. The van der Waals surface area contributed by atoms with E-state index in [0.717, 1.165) is 0 Å². The van der Waals surface area contributed by atoms with Gasteiger partial charge in [0.05, 0.1) is 20.2 Å². The number of rotatable bonds is 6. The number of halogens is 1. The molecular formula is C8H14FNO3. The maximum atomic E-state index is 11.9. The molecule has 0 radical (unpaired) electrons. The molecule has 0 aliphatic rings. The van der Waals surface area contributed by atoms with Crippen LogP contribution in [0.5, 0.6) is 0 Å². The Morgan fingerprint density at radius 2 is 2.00 bits per heavy atom. The zero-order valence-electron chi connectivity index (χ0n) is 7.88. The molecule has 0 aromatic rings. The SMILES string of the molecule is COC(=O)CN(CCF)CC(C)=O. The fraction of sp³-hybridized carbons (Fsp3) is 0.750. The van der Waals surface area contributed by atoms with Crippen molar-refractivity contribution in [3.8, 4) is 0 Å². The lowest BCUT2D eigenvalue weighted by Gasteiger charge is -2.17. The first-order chi connectivity index (χ1) is 6.10. The molecule has 0 rings (SSSR count). The Kier molecular flexibility index (Phi) is 6.05. The van der Waals surface area contributed by atoms with Gasteiger partial charge in [-0.05, 0) is 6.92 Å². The number of carbonyl (C=O) groups excluding carboxylic acids is 2. The second kappa shape index (κ2) is 6.54. The summed E-state index contributed by atoms with van der Waals surface area (Å²) >= 11 is 0. The molecule has 0 aliphatic carbocycles. The summed E-state index contributed by atoms with van der Waals surface area (Å²) in [5.74, 6) is -0.563. The number of methoxy groups -OCH3 is 1. The number of hydrogen-bond donors (Lipinski definition) is 0. The van der Waals surface area contributed by atoms with E-state index in [2.05, 4.69) is 4.74 Å². The highest BCUT2D eigenvalue weighted by atomic mass is 19.1. The quantitative estimate of drug-likeness (QED) is 0.555. The van der Waals surface area contributed by atoms with Crippen molar-refractivity contribution in [3.63, 3.8) is 0 Å². The molecule has 0 atom stereocenters. The summed E-state index contributed by atoms with van der Waals surface area (Å²) in [7, 11) is 1.25. The van der Waals surface area contributed by atoms with E-state index in [1.54, 1.807) is 0 Å². The molecule has 0 fully saturated rings. The number of esters is 1. The van der Waals surface area contributed by atoms with Gasteiger partial charge in [-0.2, -0.15) is 0 Å². The molecule has 0 saturated carbocycles. The van der Waals surface area contributed by atoms with Crippen LogP contribution in [0.1, 0.15) is 6.92 Å². The normalized spacial score (nSPS) is 10.2. The fourth-order valence-electron chi connectivity index (χ4n) is 0.896. The van der Waals surface area contributed by atoms with Crippen LogP contribution in [0.15, 0.2) is 0 Å².